The predicted molar refractivity (Wildman–Crippen MR) is 146 cm³/mol. The Hall–Kier alpha value is -3.52. The fraction of sp³-hybridized carbons (Fsp3) is 0.345. The summed E-state index contributed by atoms with van der Waals surface area (Å²) in [6.45, 7) is 6.78. The van der Waals surface area contributed by atoms with Crippen LogP contribution in [-0.2, 0) is 4.79 Å². The van der Waals surface area contributed by atoms with Crippen LogP contribution in [0.5, 0.6) is 5.75 Å². The van der Waals surface area contributed by atoms with E-state index in [1.165, 1.54) is 12.1 Å². The van der Waals surface area contributed by atoms with Crippen molar-refractivity contribution >= 4 is 29.3 Å². The highest BCUT2D eigenvalue weighted by Gasteiger charge is 2.50. The maximum Gasteiger partial charge on any atom is 0.258 e. The largest absolute Gasteiger partial charge is 0.495 e. The van der Waals surface area contributed by atoms with E-state index < -0.39 is 5.54 Å². The number of fused-ring (bicyclic) bond motifs is 1. The van der Waals surface area contributed by atoms with Crippen molar-refractivity contribution < 1.29 is 13.9 Å². The van der Waals surface area contributed by atoms with Gasteiger partial charge in [-0.2, -0.15) is 0 Å². The van der Waals surface area contributed by atoms with Crippen LogP contribution in [-0.4, -0.2) is 49.6 Å². The summed E-state index contributed by atoms with van der Waals surface area (Å²) in [5.74, 6) is 0.263. The molecule has 2 aliphatic rings. The van der Waals surface area contributed by atoms with Crippen LogP contribution in [0.25, 0.3) is 11.8 Å². The molecule has 2 aromatic carbocycles. The van der Waals surface area contributed by atoms with Gasteiger partial charge in [0.15, 0.2) is 5.11 Å². The molecule has 0 radical (unpaired) electrons. The molecular weight excluding hydrogens is 487 g/mol. The van der Waals surface area contributed by atoms with Crippen molar-refractivity contribution in [2.75, 3.05) is 13.7 Å². The number of hydrogen-bond donors (Lipinski definition) is 0. The number of amides is 1. The molecule has 0 bridgehead atoms. The number of methoxy groups -OCH3 is 1. The molecule has 0 spiro atoms. The summed E-state index contributed by atoms with van der Waals surface area (Å²) in [6.07, 6.45) is 8.55. The van der Waals surface area contributed by atoms with E-state index in [0.29, 0.717) is 16.4 Å². The minimum absolute atomic E-state index is 0.115. The van der Waals surface area contributed by atoms with Gasteiger partial charge in [0.2, 0.25) is 0 Å². The minimum Gasteiger partial charge on any atom is -0.495 e. The Morgan fingerprint density at radius 3 is 2.62 bits per heavy atom. The topological polar surface area (TPSA) is 50.6 Å². The molecule has 3 aromatic rings. The molecule has 0 N–H and O–H groups in total. The Morgan fingerprint density at radius 1 is 1.19 bits per heavy atom. The van der Waals surface area contributed by atoms with Crippen LogP contribution >= 0.6 is 12.2 Å². The summed E-state index contributed by atoms with van der Waals surface area (Å²) >= 11 is 5.91. The van der Waals surface area contributed by atoms with Crippen molar-refractivity contribution in [2.24, 2.45) is 0 Å². The molecule has 2 saturated heterocycles. The first kappa shape index (κ1) is 25.1. The van der Waals surface area contributed by atoms with Crippen molar-refractivity contribution in [2.45, 2.75) is 51.6 Å². The number of carbonyl (C=O) groups excluding carboxylic acids is 1. The Bertz CT molecular complexity index is 1380. The van der Waals surface area contributed by atoms with Gasteiger partial charge < -0.3 is 14.2 Å². The molecule has 0 saturated carbocycles. The van der Waals surface area contributed by atoms with Gasteiger partial charge in [0.05, 0.1) is 36.4 Å². The Balaban J connectivity index is 1.58. The van der Waals surface area contributed by atoms with Crippen LogP contribution in [0.3, 0.4) is 0 Å². The highest BCUT2D eigenvalue weighted by molar-refractivity contribution is 7.80. The molecule has 3 heterocycles. The third-order valence-electron chi connectivity index (χ3n) is 7.60. The van der Waals surface area contributed by atoms with E-state index in [9.17, 15) is 9.18 Å². The zero-order valence-electron chi connectivity index (χ0n) is 21.6. The molecule has 2 aliphatic heterocycles. The van der Waals surface area contributed by atoms with Crippen LogP contribution in [0.4, 0.5) is 4.39 Å². The molecule has 6 nitrogen and oxygen atoms in total. The first-order valence-corrected chi connectivity index (χ1v) is 13.0. The van der Waals surface area contributed by atoms with E-state index in [1.807, 2.05) is 48.9 Å². The van der Waals surface area contributed by atoms with Gasteiger partial charge in [0, 0.05) is 18.3 Å². The monoisotopic (exact) mass is 518 g/mol. The summed E-state index contributed by atoms with van der Waals surface area (Å²) in [7, 11) is 1.64. The number of halogens is 1. The van der Waals surface area contributed by atoms with Crippen molar-refractivity contribution in [1.82, 2.24) is 19.4 Å². The number of nitrogens with zero attached hydrogens (tertiary/aromatic N) is 4. The lowest BCUT2D eigenvalue weighted by atomic mass is 9.78. The van der Waals surface area contributed by atoms with E-state index in [0.717, 1.165) is 48.3 Å². The standard InChI is InChI=1S/C29H31FN4O2S/c1-19-17-32(18-31-19)25-12-7-21(16-26(25)36-4)15-24-27(35)34(20(2)22-8-10-23(30)11-9-22)28(37)33-14-6-5-13-29(24,33)3/h7-12,15-18,20H,5-6,13-14H2,1-4H3/b24-15-. The van der Waals surface area contributed by atoms with E-state index in [-0.39, 0.29) is 17.8 Å². The third-order valence-corrected chi connectivity index (χ3v) is 8.02. The molecule has 1 amide bonds. The summed E-state index contributed by atoms with van der Waals surface area (Å²) in [5.41, 5.74) is 3.69. The minimum atomic E-state index is -0.501. The Kier molecular flexibility index (Phi) is 6.62. The zero-order valence-corrected chi connectivity index (χ0v) is 22.4. The van der Waals surface area contributed by atoms with E-state index in [4.69, 9.17) is 17.0 Å². The predicted octanol–water partition coefficient (Wildman–Crippen LogP) is 5.84. The van der Waals surface area contributed by atoms with E-state index >= 15 is 0 Å². The molecular formula is C29H31FN4O2S. The molecule has 192 valence electrons. The van der Waals surface area contributed by atoms with Gasteiger partial charge in [-0.25, -0.2) is 9.37 Å². The summed E-state index contributed by atoms with van der Waals surface area (Å²) in [5, 5.41) is 0.532. The van der Waals surface area contributed by atoms with Gasteiger partial charge in [0.25, 0.3) is 5.91 Å². The van der Waals surface area contributed by atoms with Gasteiger partial charge in [-0.05, 0) is 93.7 Å². The van der Waals surface area contributed by atoms with E-state index in [1.54, 1.807) is 30.5 Å². The quantitative estimate of drug-likeness (QED) is 0.314. The maximum atomic E-state index is 14.2. The maximum absolute atomic E-state index is 14.2. The first-order valence-electron chi connectivity index (χ1n) is 12.5. The Morgan fingerprint density at radius 2 is 1.95 bits per heavy atom. The number of aromatic nitrogens is 2. The first-order chi connectivity index (χ1) is 17.7. The number of ether oxygens (including phenoxy) is 1. The third kappa shape index (κ3) is 4.44. The fourth-order valence-electron chi connectivity index (χ4n) is 5.45. The zero-order chi connectivity index (χ0) is 26.3. The van der Waals surface area contributed by atoms with Crippen molar-refractivity contribution in [1.29, 1.82) is 0 Å². The lowest BCUT2D eigenvalue weighted by Gasteiger charge is -2.54. The fourth-order valence-corrected chi connectivity index (χ4v) is 5.98. The average molecular weight is 519 g/mol. The van der Waals surface area contributed by atoms with Gasteiger partial charge in [-0.15, -0.1) is 0 Å². The number of piperidine rings is 1. The van der Waals surface area contributed by atoms with Crippen molar-refractivity contribution in [3.8, 4) is 11.4 Å². The molecule has 1 aromatic heterocycles. The van der Waals surface area contributed by atoms with Crippen LogP contribution < -0.4 is 4.74 Å². The smallest absolute Gasteiger partial charge is 0.258 e. The summed E-state index contributed by atoms with van der Waals surface area (Å²) in [6, 6.07) is 11.8. The number of imidazole rings is 1. The molecule has 5 rings (SSSR count). The molecule has 2 unspecified atom stereocenters. The number of hydrogen-bond acceptors (Lipinski definition) is 4. The van der Waals surface area contributed by atoms with Gasteiger partial charge >= 0.3 is 0 Å². The highest BCUT2D eigenvalue weighted by atomic mass is 32.1. The molecule has 2 atom stereocenters. The van der Waals surface area contributed by atoms with E-state index in [2.05, 4.69) is 16.8 Å². The van der Waals surface area contributed by atoms with Crippen LogP contribution in [0, 0.1) is 12.7 Å². The number of rotatable bonds is 5. The highest BCUT2D eigenvalue weighted by Crippen LogP contribution is 2.43. The van der Waals surface area contributed by atoms with Crippen LogP contribution in [0.2, 0.25) is 0 Å². The molecule has 0 aliphatic carbocycles. The normalized spacial score (nSPS) is 21.8. The summed E-state index contributed by atoms with van der Waals surface area (Å²) in [4.78, 5) is 22.3. The van der Waals surface area contributed by atoms with Crippen LogP contribution in [0.1, 0.15) is 56.0 Å². The molecule has 37 heavy (non-hydrogen) atoms. The van der Waals surface area contributed by atoms with Crippen molar-refractivity contribution in [3.63, 3.8) is 0 Å². The second kappa shape index (κ2) is 9.74. The van der Waals surface area contributed by atoms with Gasteiger partial charge in [0.1, 0.15) is 11.6 Å². The number of carbonyl (C=O) groups is 1. The summed E-state index contributed by atoms with van der Waals surface area (Å²) < 4.78 is 21.2. The average Bonchev–Trinajstić information content (AvgIpc) is 3.32. The second-order valence-electron chi connectivity index (χ2n) is 9.98. The molecule has 8 heteroatoms. The lowest BCUT2D eigenvalue weighted by molar-refractivity contribution is -0.129. The van der Waals surface area contributed by atoms with Gasteiger partial charge in [-0.3, -0.25) is 9.69 Å². The molecule has 2 fully saturated rings. The number of thiocarbonyl (C=S) groups is 1. The van der Waals surface area contributed by atoms with Crippen molar-refractivity contribution in [3.05, 3.63) is 83.2 Å². The van der Waals surface area contributed by atoms with Gasteiger partial charge in [-0.1, -0.05) is 18.2 Å². The SMILES string of the molecule is COc1cc(/C=C2/C(=O)N(C(C)c3ccc(F)cc3)C(=S)N3CCCCC23C)ccc1-n1cnc(C)c1. The Labute approximate surface area is 222 Å². The number of aryl methyl sites for hydroxylation is 1. The van der Waals surface area contributed by atoms with Crippen LogP contribution in [0.15, 0.2) is 60.6 Å². The lowest BCUT2D eigenvalue weighted by Crippen LogP contribution is -2.65. The number of benzene rings is 2. The second-order valence-corrected chi connectivity index (χ2v) is 10.3.